The van der Waals surface area contributed by atoms with Gasteiger partial charge in [0.1, 0.15) is 23.9 Å². The van der Waals surface area contributed by atoms with Crippen LogP contribution in [0.3, 0.4) is 0 Å². The van der Waals surface area contributed by atoms with E-state index in [1.54, 1.807) is 13.3 Å². The fourth-order valence-corrected chi connectivity index (χ4v) is 5.75. The Morgan fingerprint density at radius 3 is 2.66 bits per heavy atom. The van der Waals surface area contributed by atoms with Crippen LogP contribution in [0.4, 0.5) is 0 Å². The molecule has 0 saturated heterocycles. The molecule has 0 unspecified atom stereocenters. The highest BCUT2D eigenvalue weighted by atomic mass is 79.9. The molecule has 1 aliphatic carbocycles. The number of carbonyl (C=O) groups is 1. The molecule has 1 fully saturated rings. The van der Waals surface area contributed by atoms with Crippen molar-refractivity contribution >= 4 is 51.4 Å². The number of hydrogen-bond donors (Lipinski definition) is 1. The van der Waals surface area contributed by atoms with Crippen molar-refractivity contribution in [1.29, 1.82) is 0 Å². The molecule has 1 heterocycles. The van der Waals surface area contributed by atoms with Crippen LogP contribution in [0.2, 0.25) is 5.02 Å². The predicted molar refractivity (Wildman–Crippen MR) is 165 cm³/mol. The number of rotatable bonds is 12. The molecular formula is C30H29BrClN5O3S. The number of nitrogens with one attached hydrogen (secondary N) is 1. The van der Waals surface area contributed by atoms with Crippen molar-refractivity contribution in [2.45, 2.75) is 43.5 Å². The van der Waals surface area contributed by atoms with Gasteiger partial charge in [0.05, 0.1) is 19.1 Å². The standard InChI is InChI=1S/C30H29BrClN5O3S/c1-3-37-29(26-15-25(26)20-5-9-23(32)10-6-20)35-36-30(37)41-18-28(38)34-33-16-19-4-13-27(39-2)21(14-19)17-40-24-11-7-22(31)8-12-24/h4-14,16,25-26H,3,15,17-18H2,1-2H3,(H,34,38)/b33-16-/t25-,26+/m1/s1. The Bertz CT molecular complexity index is 1530. The summed E-state index contributed by atoms with van der Waals surface area (Å²) < 4.78 is 14.5. The van der Waals surface area contributed by atoms with E-state index in [0.29, 0.717) is 24.2 Å². The van der Waals surface area contributed by atoms with E-state index < -0.39 is 0 Å². The lowest BCUT2D eigenvalue weighted by Gasteiger charge is -2.11. The van der Waals surface area contributed by atoms with Gasteiger partial charge in [-0.25, -0.2) is 5.43 Å². The van der Waals surface area contributed by atoms with Gasteiger partial charge >= 0.3 is 0 Å². The highest BCUT2D eigenvalue weighted by Crippen LogP contribution is 2.54. The molecule has 8 nitrogen and oxygen atoms in total. The van der Waals surface area contributed by atoms with Crippen LogP contribution in [-0.2, 0) is 17.9 Å². The number of hydrazone groups is 1. The molecule has 0 spiro atoms. The molecule has 1 aliphatic rings. The minimum atomic E-state index is -0.226. The number of benzene rings is 3. The Morgan fingerprint density at radius 1 is 1.15 bits per heavy atom. The maximum absolute atomic E-state index is 12.5. The first kappa shape index (κ1) is 29.2. The summed E-state index contributed by atoms with van der Waals surface area (Å²) >= 11 is 10.8. The van der Waals surface area contributed by atoms with Crippen molar-refractivity contribution < 1.29 is 14.3 Å². The SMILES string of the molecule is CCn1c(SCC(=O)N/N=C\c2ccc(OC)c(COc3ccc(Br)cc3)c2)nnc1[C@H]1C[C@@H]1c1ccc(Cl)cc1. The molecule has 4 aromatic rings. The molecule has 0 radical (unpaired) electrons. The number of methoxy groups -OCH3 is 1. The maximum atomic E-state index is 12.5. The van der Waals surface area contributed by atoms with Gasteiger partial charge in [0.2, 0.25) is 0 Å². The minimum Gasteiger partial charge on any atom is -0.496 e. The molecule has 2 atom stereocenters. The van der Waals surface area contributed by atoms with Gasteiger partial charge in [-0.05, 0) is 85.0 Å². The van der Waals surface area contributed by atoms with Crippen LogP contribution in [0, 0.1) is 0 Å². The molecule has 1 N–H and O–H groups in total. The first-order valence-corrected chi connectivity index (χ1v) is 15.3. The van der Waals surface area contributed by atoms with E-state index in [9.17, 15) is 4.79 Å². The molecule has 1 saturated carbocycles. The third-order valence-corrected chi connectivity index (χ3v) is 8.48. The van der Waals surface area contributed by atoms with Crippen molar-refractivity contribution in [3.8, 4) is 11.5 Å². The lowest BCUT2D eigenvalue weighted by Crippen LogP contribution is -2.20. The third kappa shape index (κ3) is 7.49. The second-order valence-electron chi connectivity index (χ2n) is 9.48. The summed E-state index contributed by atoms with van der Waals surface area (Å²) in [4.78, 5) is 12.5. The third-order valence-electron chi connectivity index (χ3n) is 6.73. The number of amides is 1. The van der Waals surface area contributed by atoms with Crippen molar-refractivity contribution in [3.05, 3.63) is 98.7 Å². The average Bonchev–Trinajstić information content (AvgIpc) is 3.67. The normalized spacial score (nSPS) is 16.1. The van der Waals surface area contributed by atoms with Crippen LogP contribution < -0.4 is 14.9 Å². The molecule has 0 aliphatic heterocycles. The van der Waals surface area contributed by atoms with Crippen LogP contribution in [0.1, 0.15) is 47.7 Å². The largest absolute Gasteiger partial charge is 0.496 e. The molecule has 1 aromatic heterocycles. The fourth-order valence-electron chi connectivity index (χ4n) is 4.56. The molecule has 5 rings (SSSR count). The highest BCUT2D eigenvalue weighted by molar-refractivity contribution is 9.10. The van der Waals surface area contributed by atoms with Gasteiger partial charge < -0.3 is 14.0 Å². The van der Waals surface area contributed by atoms with E-state index in [4.69, 9.17) is 21.1 Å². The highest BCUT2D eigenvalue weighted by Gasteiger charge is 2.43. The molecule has 11 heteroatoms. The Morgan fingerprint density at radius 2 is 1.93 bits per heavy atom. The van der Waals surface area contributed by atoms with Gasteiger partial charge in [-0.15, -0.1) is 10.2 Å². The number of nitrogens with zero attached hydrogens (tertiary/aromatic N) is 4. The van der Waals surface area contributed by atoms with Gasteiger partial charge in [0.25, 0.3) is 5.91 Å². The second-order valence-corrected chi connectivity index (χ2v) is 11.8. The Kier molecular flexibility index (Phi) is 9.64. The average molecular weight is 655 g/mol. The van der Waals surface area contributed by atoms with E-state index >= 15 is 0 Å². The smallest absolute Gasteiger partial charge is 0.250 e. The van der Waals surface area contributed by atoms with E-state index in [-0.39, 0.29) is 11.7 Å². The van der Waals surface area contributed by atoms with Gasteiger partial charge in [-0.3, -0.25) is 4.79 Å². The number of thioether (sulfide) groups is 1. The summed E-state index contributed by atoms with van der Waals surface area (Å²) in [5, 5.41) is 14.4. The lowest BCUT2D eigenvalue weighted by atomic mass is 10.1. The Balaban J connectivity index is 1.14. The minimum absolute atomic E-state index is 0.176. The molecule has 3 aromatic carbocycles. The zero-order valence-corrected chi connectivity index (χ0v) is 25.7. The van der Waals surface area contributed by atoms with E-state index in [1.165, 1.54) is 17.3 Å². The fraction of sp³-hybridized carbons (Fsp3) is 0.267. The summed E-state index contributed by atoms with van der Waals surface area (Å²) in [5.74, 6) is 3.13. The summed E-state index contributed by atoms with van der Waals surface area (Å²) in [5.41, 5.74) is 5.54. The maximum Gasteiger partial charge on any atom is 0.250 e. The van der Waals surface area contributed by atoms with Crippen molar-refractivity contribution in [2.24, 2.45) is 5.10 Å². The number of carbonyl (C=O) groups excluding carboxylic acids is 1. The lowest BCUT2D eigenvalue weighted by molar-refractivity contribution is -0.118. The zero-order valence-electron chi connectivity index (χ0n) is 22.6. The first-order valence-electron chi connectivity index (χ1n) is 13.1. The quantitative estimate of drug-likeness (QED) is 0.103. The van der Waals surface area contributed by atoms with Crippen LogP contribution in [0.15, 0.2) is 81.5 Å². The zero-order chi connectivity index (χ0) is 28.8. The number of hydrogen-bond acceptors (Lipinski definition) is 7. The van der Waals surface area contributed by atoms with E-state index in [2.05, 4.69) is 60.3 Å². The number of ether oxygens (including phenoxy) is 2. The van der Waals surface area contributed by atoms with Gasteiger partial charge in [0.15, 0.2) is 5.16 Å². The number of aromatic nitrogens is 3. The van der Waals surface area contributed by atoms with Crippen LogP contribution in [-0.4, -0.2) is 39.7 Å². The first-order chi connectivity index (χ1) is 19.9. The molecular weight excluding hydrogens is 626 g/mol. The Hall–Kier alpha value is -3.34. The van der Waals surface area contributed by atoms with Crippen molar-refractivity contribution in [1.82, 2.24) is 20.2 Å². The monoisotopic (exact) mass is 653 g/mol. The van der Waals surface area contributed by atoms with Crippen molar-refractivity contribution in [3.63, 3.8) is 0 Å². The topological polar surface area (TPSA) is 90.6 Å². The van der Waals surface area contributed by atoms with Gasteiger partial charge in [-0.2, -0.15) is 5.10 Å². The summed E-state index contributed by atoms with van der Waals surface area (Å²) in [7, 11) is 1.62. The summed E-state index contributed by atoms with van der Waals surface area (Å²) in [6.45, 7) is 3.13. The predicted octanol–water partition coefficient (Wildman–Crippen LogP) is 6.82. The summed E-state index contributed by atoms with van der Waals surface area (Å²) in [6.07, 6.45) is 2.63. The molecule has 0 bridgehead atoms. The molecule has 41 heavy (non-hydrogen) atoms. The van der Waals surface area contributed by atoms with Gasteiger partial charge in [-0.1, -0.05) is 51.4 Å². The van der Waals surface area contributed by atoms with Gasteiger partial charge in [0, 0.05) is 27.5 Å². The summed E-state index contributed by atoms with van der Waals surface area (Å²) in [6, 6.07) is 21.3. The van der Waals surface area contributed by atoms with Crippen molar-refractivity contribution in [2.75, 3.05) is 12.9 Å². The Labute approximate surface area is 256 Å². The van der Waals surface area contributed by atoms with Crippen LogP contribution in [0.25, 0.3) is 0 Å². The van der Waals surface area contributed by atoms with Crippen LogP contribution in [0.5, 0.6) is 11.5 Å². The molecule has 212 valence electrons. The van der Waals surface area contributed by atoms with Crippen LogP contribution >= 0.6 is 39.3 Å². The molecule has 1 amide bonds. The number of halogens is 2. The van der Waals surface area contributed by atoms with E-state index in [0.717, 1.165) is 50.3 Å². The second kappa shape index (κ2) is 13.5. The van der Waals surface area contributed by atoms with E-state index in [1.807, 2.05) is 54.6 Å².